The number of thiazole rings is 1. The summed E-state index contributed by atoms with van der Waals surface area (Å²) < 4.78 is 0.741. The van der Waals surface area contributed by atoms with Gasteiger partial charge in [0.15, 0.2) is 0 Å². The second-order valence-electron chi connectivity index (χ2n) is 6.26. The average Bonchev–Trinajstić information content (AvgIpc) is 2.83. The van der Waals surface area contributed by atoms with Gasteiger partial charge < -0.3 is 9.88 Å². The number of hydrogen-bond acceptors (Lipinski definition) is 5. The molecule has 1 fully saturated rings. The highest BCUT2D eigenvalue weighted by atomic mass is 79.9. The summed E-state index contributed by atoms with van der Waals surface area (Å²) in [6, 6.07) is 1.62. The van der Waals surface area contributed by atoms with Crippen LogP contribution in [0.1, 0.15) is 33.2 Å². The predicted octanol–water partition coefficient (Wildman–Crippen LogP) is 2.56. The van der Waals surface area contributed by atoms with Crippen molar-refractivity contribution in [2.75, 3.05) is 26.2 Å². The fourth-order valence-corrected chi connectivity index (χ4v) is 3.90. The molecule has 25 heavy (non-hydrogen) atoms. The zero-order valence-corrected chi connectivity index (χ0v) is 16.7. The number of nitrogens with one attached hydrogen (secondary N) is 1. The zero-order chi connectivity index (χ0) is 18.0. The van der Waals surface area contributed by atoms with Crippen LogP contribution in [-0.4, -0.2) is 51.9 Å². The van der Waals surface area contributed by atoms with E-state index in [9.17, 15) is 9.59 Å². The first-order valence-electron chi connectivity index (χ1n) is 8.26. The van der Waals surface area contributed by atoms with Crippen molar-refractivity contribution in [2.45, 2.75) is 26.8 Å². The van der Waals surface area contributed by atoms with Gasteiger partial charge in [-0.05, 0) is 42.3 Å². The molecule has 0 aliphatic carbocycles. The molecule has 0 saturated carbocycles. The van der Waals surface area contributed by atoms with Crippen molar-refractivity contribution in [2.24, 2.45) is 0 Å². The lowest BCUT2D eigenvalue weighted by Crippen LogP contribution is -2.37. The molecular weight excluding hydrogens is 404 g/mol. The normalized spacial score (nSPS) is 16.0. The van der Waals surface area contributed by atoms with Crippen molar-refractivity contribution in [1.29, 1.82) is 0 Å². The van der Waals surface area contributed by atoms with E-state index in [0.29, 0.717) is 13.1 Å². The quantitative estimate of drug-likeness (QED) is 0.821. The Bertz CT molecular complexity index is 832. The molecular formula is C17H21BrN4O2S. The molecule has 0 atom stereocenters. The van der Waals surface area contributed by atoms with Crippen molar-refractivity contribution in [3.05, 3.63) is 48.2 Å². The van der Waals surface area contributed by atoms with Gasteiger partial charge >= 0.3 is 0 Å². The Morgan fingerprint density at radius 1 is 1.32 bits per heavy atom. The molecule has 0 aromatic carbocycles. The zero-order valence-electron chi connectivity index (χ0n) is 14.3. The molecule has 1 aliphatic heterocycles. The van der Waals surface area contributed by atoms with Crippen molar-refractivity contribution < 1.29 is 4.79 Å². The topological polar surface area (TPSA) is 69.3 Å². The molecule has 3 heterocycles. The molecule has 134 valence electrons. The van der Waals surface area contributed by atoms with Crippen LogP contribution >= 0.6 is 27.3 Å². The number of hydrogen-bond donors (Lipinski definition) is 1. The van der Waals surface area contributed by atoms with Crippen LogP contribution in [0.15, 0.2) is 20.7 Å². The summed E-state index contributed by atoms with van der Waals surface area (Å²) in [5.41, 5.74) is 1.68. The fraction of sp³-hybridized carbons (Fsp3) is 0.471. The summed E-state index contributed by atoms with van der Waals surface area (Å²) in [6.45, 7) is 7.60. The fourth-order valence-electron chi connectivity index (χ4n) is 2.97. The van der Waals surface area contributed by atoms with Gasteiger partial charge in [-0.15, -0.1) is 11.3 Å². The first kappa shape index (κ1) is 18.3. The third-order valence-corrected chi connectivity index (χ3v) is 5.98. The van der Waals surface area contributed by atoms with Crippen LogP contribution in [0.3, 0.4) is 0 Å². The number of carbonyl (C=O) groups is 1. The van der Waals surface area contributed by atoms with Crippen LogP contribution in [0.5, 0.6) is 0 Å². The highest BCUT2D eigenvalue weighted by Gasteiger charge is 2.23. The highest BCUT2D eigenvalue weighted by Crippen LogP contribution is 2.16. The lowest BCUT2D eigenvalue weighted by molar-refractivity contribution is 0.0759. The van der Waals surface area contributed by atoms with Crippen LogP contribution in [0.2, 0.25) is 0 Å². The third kappa shape index (κ3) is 4.37. The number of halogens is 1. The maximum absolute atomic E-state index is 12.8. The Morgan fingerprint density at radius 2 is 2.12 bits per heavy atom. The number of rotatable bonds is 3. The van der Waals surface area contributed by atoms with Crippen molar-refractivity contribution in [3.8, 4) is 0 Å². The molecule has 6 nitrogen and oxygen atoms in total. The van der Waals surface area contributed by atoms with E-state index < -0.39 is 0 Å². The summed E-state index contributed by atoms with van der Waals surface area (Å²) in [7, 11) is 0. The number of H-pyrrole nitrogens is 1. The largest absolute Gasteiger partial charge is 0.337 e. The van der Waals surface area contributed by atoms with Crippen molar-refractivity contribution in [1.82, 2.24) is 19.8 Å². The van der Waals surface area contributed by atoms with Crippen LogP contribution in [-0.2, 0) is 6.54 Å². The molecule has 3 rings (SSSR count). The third-order valence-electron chi connectivity index (χ3n) is 4.33. The SMILES string of the molecule is Cc1nc(CN2CCCN(C(=O)c3cc(Br)c(C)[nH]c3=O)CC2)cs1. The van der Waals surface area contributed by atoms with Gasteiger partial charge in [0.25, 0.3) is 11.5 Å². The molecule has 1 amide bonds. The smallest absolute Gasteiger partial charge is 0.261 e. The monoisotopic (exact) mass is 424 g/mol. The molecule has 0 radical (unpaired) electrons. The average molecular weight is 425 g/mol. The molecule has 8 heteroatoms. The van der Waals surface area contributed by atoms with Crippen molar-refractivity contribution in [3.63, 3.8) is 0 Å². The van der Waals surface area contributed by atoms with E-state index in [-0.39, 0.29) is 17.0 Å². The van der Waals surface area contributed by atoms with Gasteiger partial charge in [-0.2, -0.15) is 0 Å². The predicted molar refractivity (Wildman–Crippen MR) is 102 cm³/mol. The van der Waals surface area contributed by atoms with Crippen LogP contribution in [0, 0.1) is 13.8 Å². The second-order valence-corrected chi connectivity index (χ2v) is 8.18. The van der Waals surface area contributed by atoms with E-state index in [1.165, 1.54) is 0 Å². The van der Waals surface area contributed by atoms with Crippen molar-refractivity contribution >= 4 is 33.2 Å². The van der Waals surface area contributed by atoms with Gasteiger partial charge in [0.2, 0.25) is 0 Å². The maximum atomic E-state index is 12.8. The molecule has 0 spiro atoms. The van der Waals surface area contributed by atoms with Gasteiger partial charge in [0.1, 0.15) is 5.56 Å². The van der Waals surface area contributed by atoms with Gasteiger partial charge in [0, 0.05) is 48.3 Å². The molecule has 1 saturated heterocycles. The lowest BCUT2D eigenvalue weighted by atomic mass is 10.2. The van der Waals surface area contributed by atoms with E-state index in [1.807, 2.05) is 6.92 Å². The van der Waals surface area contributed by atoms with E-state index in [2.05, 4.69) is 36.2 Å². The number of nitrogens with zero attached hydrogens (tertiary/aromatic N) is 3. The molecule has 0 unspecified atom stereocenters. The summed E-state index contributed by atoms with van der Waals surface area (Å²) in [6.07, 6.45) is 0.889. The number of carbonyl (C=O) groups excluding carboxylic acids is 1. The lowest BCUT2D eigenvalue weighted by Gasteiger charge is -2.21. The minimum absolute atomic E-state index is 0.195. The minimum Gasteiger partial charge on any atom is -0.337 e. The summed E-state index contributed by atoms with van der Waals surface area (Å²) in [5.74, 6) is -0.201. The number of pyridine rings is 1. The van der Waals surface area contributed by atoms with Gasteiger partial charge in [-0.25, -0.2) is 4.98 Å². The molecule has 1 N–H and O–H groups in total. The van der Waals surface area contributed by atoms with Gasteiger partial charge in [-0.1, -0.05) is 0 Å². The molecule has 0 bridgehead atoms. The maximum Gasteiger partial charge on any atom is 0.261 e. The Hall–Kier alpha value is -1.51. The first-order chi connectivity index (χ1) is 11.9. The first-order valence-corrected chi connectivity index (χ1v) is 9.93. The highest BCUT2D eigenvalue weighted by molar-refractivity contribution is 9.10. The van der Waals surface area contributed by atoms with Gasteiger partial charge in [-0.3, -0.25) is 14.5 Å². The van der Waals surface area contributed by atoms with Crippen LogP contribution < -0.4 is 5.56 Å². The van der Waals surface area contributed by atoms with E-state index in [1.54, 1.807) is 29.2 Å². The van der Waals surface area contributed by atoms with Gasteiger partial charge in [0.05, 0.1) is 10.7 Å². The number of aromatic nitrogens is 2. The molecule has 1 aliphatic rings. The minimum atomic E-state index is -0.329. The summed E-state index contributed by atoms with van der Waals surface area (Å²) in [4.78, 5) is 36.2. The Balaban J connectivity index is 1.67. The van der Waals surface area contributed by atoms with E-state index in [0.717, 1.165) is 46.9 Å². The standard InChI is InChI=1S/C17H21BrN4O2S/c1-11-15(18)8-14(16(23)19-11)17(24)22-5-3-4-21(6-7-22)9-13-10-25-12(2)20-13/h8,10H,3-7,9H2,1-2H3,(H,19,23). The number of amides is 1. The molecule has 2 aromatic heterocycles. The Morgan fingerprint density at radius 3 is 2.84 bits per heavy atom. The number of aromatic amines is 1. The van der Waals surface area contributed by atoms with Crippen LogP contribution in [0.4, 0.5) is 0 Å². The van der Waals surface area contributed by atoms with Crippen LogP contribution in [0.25, 0.3) is 0 Å². The van der Waals surface area contributed by atoms with E-state index in [4.69, 9.17) is 0 Å². The Kier molecular flexibility index (Phi) is 5.71. The number of aryl methyl sites for hydroxylation is 2. The summed E-state index contributed by atoms with van der Waals surface area (Å²) >= 11 is 5.04. The molecule has 2 aromatic rings. The second kappa shape index (κ2) is 7.80. The Labute approximate surface area is 159 Å². The summed E-state index contributed by atoms with van der Waals surface area (Å²) in [5, 5.41) is 3.16. The van der Waals surface area contributed by atoms with E-state index >= 15 is 0 Å².